The Morgan fingerprint density at radius 3 is 2.56 bits per heavy atom. The van der Waals surface area contributed by atoms with Crippen LogP contribution in [0.1, 0.15) is 18.7 Å². The number of aromatic nitrogens is 2. The summed E-state index contributed by atoms with van der Waals surface area (Å²) in [7, 11) is 0. The molecule has 0 aromatic carbocycles. The molecule has 0 unspecified atom stereocenters. The smallest absolute Gasteiger partial charge is 0.310 e. The van der Waals surface area contributed by atoms with E-state index in [-0.39, 0.29) is 0 Å². The van der Waals surface area contributed by atoms with Gasteiger partial charge < -0.3 is 10.4 Å². The fourth-order valence-electron chi connectivity index (χ4n) is 2.10. The molecule has 5 heteroatoms. The summed E-state index contributed by atoms with van der Waals surface area (Å²) in [4.78, 5) is 19.6. The van der Waals surface area contributed by atoms with Crippen LogP contribution < -0.4 is 5.32 Å². The average Bonchev–Trinajstić information content (AvgIpc) is 2.31. The Kier molecular flexibility index (Phi) is 3.14. The Hall–Kier alpha value is -1.49. The zero-order valence-electron chi connectivity index (χ0n) is 9.02. The highest BCUT2D eigenvalue weighted by Gasteiger charge is 2.40. The first kappa shape index (κ1) is 11.0. The Bertz CT molecular complexity index is 361. The average molecular weight is 221 g/mol. The molecule has 1 aliphatic rings. The normalized spacial score (nSPS) is 19.2. The van der Waals surface area contributed by atoms with Gasteiger partial charge in [-0.15, -0.1) is 0 Å². The van der Waals surface area contributed by atoms with Crippen molar-refractivity contribution in [3.05, 3.63) is 24.3 Å². The topological polar surface area (TPSA) is 75.1 Å². The van der Waals surface area contributed by atoms with Crippen LogP contribution in [0.3, 0.4) is 0 Å². The Labute approximate surface area is 93.9 Å². The second kappa shape index (κ2) is 4.57. The molecule has 16 heavy (non-hydrogen) atoms. The lowest BCUT2D eigenvalue weighted by atomic mass is 9.76. The molecular weight excluding hydrogens is 206 g/mol. The standard InChI is InChI=1S/C11H15N3O2/c15-10(16)11(2-6-12-7-3-11)8-9-13-4-1-5-14-9/h1,4-5,12H,2-3,6-8H2,(H,15,16). The van der Waals surface area contributed by atoms with Crippen molar-refractivity contribution in [1.29, 1.82) is 0 Å². The zero-order chi connectivity index (χ0) is 11.4. The van der Waals surface area contributed by atoms with Crippen LogP contribution in [-0.2, 0) is 11.2 Å². The van der Waals surface area contributed by atoms with Crippen molar-refractivity contribution in [3.63, 3.8) is 0 Å². The van der Waals surface area contributed by atoms with E-state index in [1.54, 1.807) is 18.5 Å². The lowest BCUT2D eigenvalue weighted by Gasteiger charge is -2.32. The predicted octanol–water partition coefficient (Wildman–Crippen LogP) is 0.473. The van der Waals surface area contributed by atoms with Crippen LogP contribution in [0.4, 0.5) is 0 Å². The lowest BCUT2D eigenvalue weighted by Crippen LogP contribution is -2.43. The Morgan fingerprint density at radius 1 is 1.38 bits per heavy atom. The highest BCUT2D eigenvalue weighted by atomic mass is 16.4. The van der Waals surface area contributed by atoms with E-state index in [0.29, 0.717) is 25.1 Å². The van der Waals surface area contributed by atoms with Crippen molar-refractivity contribution < 1.29 is 9.90 Å². The van der Waals surface area contributed by atoms with Gasteiger partial charge in [0.1, 0.15) is 5.82 Å². The summed E-state index contributed by atoms with van der Waals surface area (Å²) in [6.07, 6.45) is 5.00. The van der Waals surface area contributed by atoms with Gasteiger partial charge in [-0.1, -0.05) is 0 Å². The minimum Gasteiger partial charge on any atom is -0.481 e. The summed E-state index contributed by atoms with van der Waals surface area (Å²) < 4.78 is 0. The fourth-order valence-corrected chi connectivity index (χ4v) is 2.10. The zero-order valence-corrected chi connectivity index (χ0v) is 9.02. The number of rotatable bonds is 3. The summed E-state index contributed by atoms with van der Waals surface area (Å²) in [6.45, 7) is 1.50. The Balaban J connectivity index is 2.17. The minimum absolute atomic E-state index is 0.421. The highest BCUT2D eigenvalue weighted by molar-refractivity contribution is 5.75. The maximum atomic E-state index is 11.4. The quantitative estimate of drug-likeness (QED) is 0.776. The van der Waals surface area contributed by atoms with E-state index < -0.39 is 11.4 Å². The number of aliphatic carboxylic acids is 1. The number of nitrogens with zero attached hydrogens (tertiary/aromatic N) is 2. The van der Waals surface area contributed by atoms with E-state index in [4.69, 9.17) is 0 Å². The van der Waals surface area contributed by atoms with Crippen LogP contribution in [0, 0.1) is 5.41 Å². The van der Waals surface area contributed by atoms with Crippen molar-refractivity contribution in [2.24, 2.45) is 5.41 Å². The Morgan fingerprint density at radius 2 is 2.00 bits per heavy atom. The molecule has 2 N–H and O–H groups in total. The molecule has 1 saturated heterocycles. The summed E-state index contributed by atoms with van der Waals surface area (Å²) in [6, 6.07) is 1.74. The van der Waals surface area contributed by atoms with Gasteiger partial charge in [-0.3, -0.25) is 4.79 Å². The van der Waals surface area contributed by atoms with Crippen LogP contribution in [0.5, 0.6) is 0 Å². The van der Waals surface area contributed by atoms with Gasteiger partial charge in [0, 0.05) is 18.8 Å². The van der Waals surface area contributed by atoms with Crippen LogP contribution in [0.2, 0.25) is 0 Å². The molecule has 0 saturated carbocycles. The second-order valence-corrected chi connectivity index (χ2v) is 4.18. The molecule has 0 radical (unpaired) electrons. The fraction of sp³-hybridized carbons (Fsp3) is 0.545. The SMILES string of the molecule is O=C(O)C1(Cc2ncccn2)CCNCC1. The monoisotopic (exact) mass is 221 g/mol. The highest BCUT2D eigenvalue weighted by Crippen LogP contribution is 2.32. The third kappa shape index (κ3) is 2.19. The van der Waals surface area contributed by atoms with E-state index in [1.165, 1.54) is 0 Å². The molecule has 5 nitrogen and oxygen atoms in total. The van der Waals surface area contributed by atoms with E-state index >= 15 is 0 Å². The molecule has 1 aromatic rings. The van der Waals surface area contributed by atoms with Crippen molar-refractivity contribution in [3.8, 4) is 0 Å². The molecule has 0 spiro atoms. The number of hydrogen-bond acceptors (Lipinski definition) is 4. The van der Waals surface area contributed by atoms with Crippen molar-refractivity contribution in [1.82, 2.24) is 15.3 Å². The molecule has 0 bridgehead atoms. The van der Waals surface area contributed by atoms with Crippen molar-refractivity contribution in [2.75, 3.05) is 13.1 Å². The number of carboxylic acid groups (broad SMARTS) is 1. The molecule has 2 rings (SSSR count). The van der Waals surface area contributed by atoms with Gasteiger partial charge in [0.05, 0.1) is 5.41 Å². The summed E-state index contributed by atoms with van der Waals surface area (Å²) in [5.74, 6) is -0.117. The predicted molar refractivity (Wildman–Crippen MR) is 57.9 cm³/mol. The summed E-state index contributed by atoms with van der Waals surface area (Å²) in [5, 5.41) is 12.5. The number of piperidine rings is 1. The van der Waals surface area contributed by atoms with Gasteiger partial charge in [-0.25, -0.2) is 9.97 Å². The maximum Gasteiger partial charge on any atom is 0.310 e. The number of carboxylic acids is 1. The van der Waals surface area contributed by atoms with Crippen molar-refractivity contribution in [2.45, 2.75) is 19.3 Å². The van der Waals surface area contributed by atoms with Gasteiger partial charge in [-0.2, -0.15) is 0 Å². The van der Waals surface area contributed by atoms with E-state index in [1.807, 2.05) is 0 Å². The molecule has 2 heterocycles. The number of carbonyl (C=O) groups is 1. The molecule has 86 valence electrons. The van der Waals surface area contributed by atoms with Gasteiger partial charge in [0.15, 0.2) is 0 Å². The van der Waals surface area contributed by atoms with Gasteiger partial charge in [0.2, 0.25) is 0 Å². The summed E-state index contributed by atoms with van der Waals surface area (Å²) in [5.41, 5.74) is -0.688. The first-order valence-corrected chi connectivity index (χ1v) is 5.43. The third-order valence-electron chi connectivity index (χ3n) is 3.13. The largest absolute Gasteiger partial charge is 0.481 e. The van der Waals surface area contributed by atoms with E-state index in [2.05, 4.69) is 15.3 Å². The molecule has 1 aromatic heterocycles. The lowest BCUT2D eigenvalue weighted by molar-refractivity contribution is -0.150. The van der Waals surface area contributed by atoms with E-state index in [9.17, 15) is 9.90 Å². The minimum atomic E-state index is -0.735. The molecule has 1 aliphatic heterocycles. The molecular formula is C11H15N3O2. The van der Waals surface area contributed by atoms with Crippen LogP contribution in [0.15, 0.2) is 18.5 Å². The van der Waals surface area contributed by atoms with Gasteiger partial charge in [-0.05, 0) is 32.0 Å². The maximum absolute atomic E-state index is 11.4. The van der Waals surface area contributed by atoms with Gasteiger partial charge in [0.25, 0.3) is 0 Å². The van der Waals surface area contributed by atoms with Crippen LogP contribution in [0.25, 0.3) is 0 Å². The first-order valence-electron chi connectivity index (χ1n) is 5.43. The summed E-state index contributed by atoms with van der Waals surface area (Å²) >= 11 is 0. The van der Waals surface area contributed by atoms with Crippen LogP contribution >= 0.6 is 0 Å². The molecule has 1 fully saturated rings. The second-order valence-electron chi connectivity index (χ2n) is 4.18. The first-order chi connectivity index (χ1) is 7.73. The van der Waals surface area contributed by atoms with Gasteiger partial charge >= 0.3 is 5.97 Å². The van der Waals surface area contributed by atoms with Crippen LogP contribution in [-0.4, -0.2) is 34.1 Å². The third-order valence-corrected chi connectivity index (χ3v) is 3.13. The molecule has 0 atom stereocenters. The molecule has 0 aliphatic carbocycles. The number of nitrogens with one attached hydrogen (secondary N) is 1. The van der Waals surface area contributed by atoms with Crippen molar-refractivity contribution >= 4 is 5.97 Å². The number of hydrogen-bond donors (Lipinski definition) is 2. The molecule has 0 amide bonds. The van der Waals surface area contributed by atoms with E-state index in [0.717, 1.165) is 13.1 Å².